The Morgan fingerprint density at radius 3 is 1.95 bits per heavy atom. The summed E-state index contributed by atoms with van der Waals surface area (Å²) in [5.41, 5.74) is 3.99. The summed E-state index contributed by atoms with van der Waals surface area (Å²) in [4.78, 5) is 24.0. The van der Waals surface area contributed by atoms with Crippen molar-refractivity contribution < 1.29 is 31.5 Å². The smallest absolute Gasteiger partial charge is 0.106 e. The Hall–Kier alpha value is -1.77. The summed E-state index contributed by atoms with van der Waals surface area (Å²) in [5.74, 6) is 0. The second kappa shape index (κ2) is 16.2. The maximum Gasteiger partial charge on any atom is 0.106 e. The first kappa shape index (κ1) is 22.4. The maximum absolute atomic E-state index is 8.00. The van der Waals surface area contributed by atoms with Crippen LogP contribution >= 0.6 is 0 Å². The third-order valence-corrected chi connectivity index (χ3v) is 2.15. The molecule has 19 heavy (non-hydrogen) atoms. The molecule has 0 aliphatic heterocycles. The van der Waals surface area contributed by atoms with Gasteiger partial charge in [0.1, 0.15) is 20.4 Å². The first-order valence-electron chi connectivity index (χ1n) is 5.07. The molecule has 0 fully saturated rings. The Morgan fingerprint density at radius 2 is 1.53 bits per heavy atom. The van der Waals surface area contributed by atoms with Crippen LogP contribution in [-0.2, 0) is 31.5 Å². The van der Waals surface area contributed by atoms with E-state index in [-0.39, 0.29) is 17.1 Å². The topological polar surface area (TPSA) is 51.2 Å². The van der Waals surface area contributed by atoms with Gasteiger partial charge in [-0.15, -0.1) is 6.42 Å². The van der Waals surface area contributed by atoms with Crippen LogP contribution in [0.3, 0.4) is 0 Å². The van der Waals surface area contributed by atoms with Crippen molar-refractivity contribution in [3.05, 3.63) is 53.6 Å². The van der Waals surface area contributed by atoms with Crippen LogP contribution in [0.5, 0.6) is 0 Å². The normalized spacial score (nSPS) is 10.1. The van der Waals surface area contributed by atoms with E-state index in [0.717, 1.165) is 6.42 Å². The second-order valence-electron chi connectivity index (χ2n) is 3.03. The molecule has 0 N–H and O–H groups in total. The fourth-order valence-corrected chi connectivity index (χ4v) is 1.48. The van der Waals surface area contributed by atoms with Gasteiger partial charge < -0.3 is 14.4 Å². The van der Waals surface area contributed by atoms with Gasteiger partial charge in [-0.1, -0.05) is 35.4 Å². The molecule has 0 atom stereocenters. The number of allylic oxidation sites excluding steroid dienone is 4. The van der Waals surface area contributed by atoms with Gasteiger partial charge in [0, 0.05) is 17.1 Å². The number of hydrogen-bond donors (Lipinski definition) is 0. The van der Waals surface area contributed by atoms with Gasteiger partial charge in [0.15, 0.2) is 0 Å². The molecule has 0 spiro atoms. The van der Waals surface area contributed by atoms with E-state index in [1.807, 2.05) is 20.4 Å². The Balaban J connectivity index is -0.000000325. The summed E-state index contributed by atoms with van der Waals surface area (Å²) in [6.45, 7) is 8.14. The van der Waals surface area contributed by atoms with Crippen molar-refractivity contribution in [2.24, 2.45) is 0 Å². The molecule has 4 heteroatoms. The van der Waals surface area contributed by atoms with Crippen LogP contribution in [0.25, 0.3) is 5.57 Å². The molecule has 1 aromatic carbocycles. The number of carbonyl (C=O) groups excluding carboxylic acids is 3. The van der Waals surface area contributed by atoms with E-state index in [2.05, 4.69) is 49.4 Å². The largest absolute Gasteiger partial charge is 0.307 e. The molecular formula is C15H17FeO3-. The zero-order valence-corrected chi connectivity index (χ0v) is 12.0. The number of aryl methyl sites for hydroxylation is 1. The Morgan fingerprint density at radius 1 is 1.00 bits per heavy atom. The molecule has 0 heterocycles. The van der Waals surface area contributed by atoms with E-state index in [9.17, 15) is 0 Å². The van der Waals surface area contributed by atoms with Crippen LogP contribution in [0.4, 0.5) is 0 Å². The van der Waals surface area contributed by atoms with Gasteiger partial charge in [0.2, 0.25) is 0 Å². The molecule has 1 aromatic rings. The molecule has 1 aliphatic rings. The van der Waals surface area contributed by atoms with E-state index >= 15 is 0 Å². The average molecular weight is 301 g/mol. The van der Waals surface area contributed by atoms with Crippen molar-refractivity contribution in [3.8, 4) is 0 Å². The predicted octanol–water partition coefficient (Wildman–Crippen LogP) is 2.58. The summed E-state index contributed by atoms with van der Waals surface area (Å²) in [6.07, 6.45) is 8.42. The van der Waals surface area contributed by atoms with Crippen molar-refractivity contribution in [2.75, 3.05) is 0 Å². The van der Waals surface area contributed by atoms with Crippen molar-refractivity contribution in [2.45, 2.75) is 13.3 Å². The van der Waals surface area contributed by atoms with Gasteiger partial charge in [-0.05, 0) is 6.92 Å². The molecule has 0 saturated heterocycles. The van der Waals surface area contributed by atoms with Crippen LogP contribution in [0, 0.1) is 13.0 Å². The minimum Gasteiger partial charge on any atom is -0.307 e. The standard InChI is InChI=1S/C12H11.3CH2O.Fe/c1-10-6-2-5-9-12(10)11-7-3-4-8-11;3*1-2;/h2,5-9H,3H2,1H3;3*1H2;/q-1;;;;. The van der Waals surface area contributed by atoms with Crippen LogP contribution < -0.4 is 0 Å². The average Bonchev–Trinajstić information content (AvgIpc) is 3.00. The first-order chi connectivity index (χ1) is 8.88. The van der Waals surface area contributed by atoms with E-state index < -0.39 is 0 Å². The SMILES string of the molecule is C=O.C=O.C=O.Cc1ccccc1C1=CC[C-]=C1.[Fe]. The van der Waals surface area contributed by atoms with Gasteiger partial charge in [0.05, 0.1) is 0 Å². The zero-order valence-electron chi connectivity index (χ0n) is 10.9. The summed E-state index contributed by atoms with van der Waals surface area (Å²) < 4.78 is 0. The van der Waals surface area contributed by atoms with Crippen LogP contribution in [0.1, 0.15) is 17.5 Å². The van der Waals surface area contributed by atoms with E-state index in [1.165, 1.54) is 16.7 Å². The quantitative estimate of drug-likeness (QED) is 0.592. The van der Waals surface area contributed by atoms with Crippen molar-refractivity contribution in [3.63, 3.8) is 0 Å². The molecule has 0 amide bonds. The van der Waals surface area contributed by atoms with Crippen molar-refractivity contribution in [1.29, 1.82) is 0 Å². The van der Waals surface area contributed by atoms with Crippen LogP contribution in [-0.4, -0.2) is 20.4 Å². The Kier molecular flexibility index (Phi) is 19.1. The van der Waals surface area contributed by atoms with Gasteiger partial charge in [0.25, 0.3) is 0 Å². The predicted molar refractivity (Wildman–Crippen MR) is 72.9 cm³/mol. The summed E-state index contributed by atoms with van der Waals surface area (Å²) in [7, 11) is 0. The number of benzene rings is 1. The third kappa shape index (κ3) is 8.03. The molecule has 0 unspecified atom stereocenters. The van der Waals surface area contributed by atoms with Gasteiger partial charge in [-0.25, -0.2) is 6.08 Å². The first-order valence-corrected chi connectivity index (χ1v) is 5.07. The third-order valence-electron chi connectivity index (χ3n) is 2.15. The molecule has 1 aliphatic carbocycles. The number of carbonyl (C=O) groups is 3. The van der Waals surface area contributed by atoms with Crippen molar-refractivity contribution >= 4 is 25.9 Å². The van der Waals surface area contributed by atoms with E-state index in [0.29, 0.717) is 0 Å². The van der Waals surface area contributed by atoms with E-state index in [4.69, 9.17) is 14.4 Å². The number of hydrogen-bond acceptors (Lipinski definition) is 3. The van der Waals surface area contributed by atoms with Gasteiger partial charge in [-0.3, -0.25) is 6.08 Å². The molecule has 0 saturated carbocycles. The Bertz CT molecular complexity index is 395. The zero-order chi connectivity index (χ0) is 14.4. The summed E-state index contributed by atoms with van der Waals surface area (Å²) in [6, 6.07) is 8.45. The van der Waals surface area contributed by atoms with E-state index in [1.54, 1.807) is 0 Å². The molecule has 0 radical (unpaired) electrons. The minimum absolute atomic E-state index is 0. The molecule has 0 bridgehead atoms. The maximum atomic E-state index is 8.00. The summed E-state index contributed by atoms with van der Waals surface area (Å²) >= 11 is 0. The minimum atomic E-state index is 0. The molecule has 2 rings (SSSR count). The van der Waals surface area contributed by atoms with Crippen molar-refractivity contribution in [1.82, 2.24) is 0 Å². The fourth-order valence-electron chi connectivity index (χ4n) is 1.48. The molecule has 0 aromatic heterocycles. The Labute approximate surface area is 124 Å². The monoisotopic (exact) mass is 301 g/mol. The summed E-state index contributed by atoms with van der Waals surface area (Å²) in [5, 5.41) is 0. The van der Waals surface area contributed by atoms with Gasteiger partial charge >= 0.3 is 0 Å². The molecular weight excluding hydrogens is 284 g/mol. The van der Waals surface area contributed by atoms with Crippen LogP contribution in [0.2, 0.25) is 0 Å². The fraction of sp³-hybridized carbons (Fsp3) is 0.133. The van der Waals surface area contributed by atoms with Crippen LogP contribution in [0.15, 0.2) is 36.4 Å². The number of rotatable bonds is 1. The second-order valence-corrected chi connectivity index (χ2v) is 3.03. The van der Waals surface area contributed by atoms with Gasteiger partial charge in [-0.2, -0.15) is 11.6 Å². The molecule has 3 nitrogen and oxygen atoms in total. The molecule has 104 valence electrons.